The van der Waals surface area contributed by atoms with Gasteiger partial charge in [0.1, 0.15) is 0 Å². The first-order valence-corrected chi connectivity index (χ1v) is 7.85. The van der Waals surface area contributed by atoms with Gasteiger partial charge in [0.05, 0.1) is 30.7 Å². The number of aromatic nitrogens is 2. The first-order valence-electron chi connectivity index (χ1n) is 7.48. The lowest BCUT2D eigenvalue weighted by Crippen LogP contribution is -2.13. The van der Waals surface area contributed by atoms with Gasteiger partial charge in [0, 0.05) is 10.7 Å². The van der Waals surface area contributed by atoms with Crippen LogP contribution in [0.4, 0.5) is 0 Å². The van der Waals surface area contributed by atoms with Crippen molar-refractivity contribution in [2.75, 3.05) is 6.61 Å². The van der Waals surface area contributed by atoms with Crippen molar-refractivity contribution in [1.29, 1.82) is 0 Å². The fraction of sp³-hybridized carbons (Fsp3) is 0.412. The lowest BCUT2D eigenvalue weighted by atomic mass is 10.1. The van der Waals surface area contributed by atoms with Crippen LogP contribution < -0.4 is 0 Å². The van der Waals surface area contributed by atoms with Gasteiger partial charge in [-0.15, -0.1) is 0 Å². The van der Waals surface area contributed by atoms with Crippen LogP contribution in [0, 0.1) is 5.92 Å². The fourth-order valence-corrected chi connectivity index (χ4v) is 2.45. The summed E-state index contributed by atoms with van der Waals surface area (Å²) >= 11 is 5.94. The zero-order valence-electron chi connectivity index (χ0n) is 13.2. The van der Waals surface area contributed by atoms with Crippen molar-refractivity contribution < 1.29 is 9.53 Å². The number of ether oxygens (including phenoxy) is 1. The van der Waals surface area contributed by atoms with Gasteiger partial charge in [0.15, 0.2) is 0 Å². The monoisotopic (exact) mass is 320 g/mol. The maximum atomic E-state index is 11.9. The molecule has 1 heterocycles. The van der Waals surface area contributed by atoms with Crippen LogP contribution in [0.15, 0.2) is 30.6 Å². The standard InChI is InChI=1S/C17H21ClN2O2/c1-4-22-17(21)10-16-15(9-12(2)3)19-11-20(16)14-7-5-13(18)6-8-14/h5-8,11-12H,4,9-10H2,1-3H3. The van der Waals surface area contributed by atoms with E-state index < -0.39 is 0 Å². The number of hydrogen-bond acceptors (Lipinski definition) is 3. The van der Waals surface area contributed by atoms with E-state index in [-0.39, 0.29) is 12.4 Å². The summed E-state index contributed by atoms with van der Waals surface area (Å²) < 4.78 is 7.02. The number of benzene rings is 1. The van der Waals surface area contributed by atoms with Gasteiger partial charge in [-0.1, -0.05) is 25.4 Å². The van der Waals surface area contributed by atoms with E-state index in [0.29, 0.717) is 17.5 Å². The smallest absolute Gasteiger partial charge is 0.311 e. The molecule has 0 saturated carbocycles. The van der Waals surface area contributed by atoms with E-state index in [2.05, 4.69) is 18.8 Å². The summed E-state index contributed by atoms with van der Waals surface area (Å²) in [5, 5.41) is 0.679. The largest absolute Gasteiger partial charge is 0.466 e. The number of imidazole rings is 1. The maximum Gasteiger partial charge on any atom is 0.311 e. The predicted octanol–water partition coefficient (Wildman–Crippen LogP) is 3.83. The fourth-order valence-electron chi connectivity index (χ4n) is 2.33. The van der Waals surface area contributed by atoms with Gasteiger partial charge in [-0.25, -0.2) is 4.98 Å². The summed E-state index contributed by atoms with van der Waals surface area (Å²) in [6.07, 6.45) is 2.81. The van der Waals surface area contributed by atoms with E-state index in [9.17, 15) is 4.79 Å². The van der Waals surface area contributed by atoms with Gasteiger partial charge in [0.25, 0.3) is 0 Å². The Labute approximate surface area is 136 Å². The maximum absolute atomic E-state index is 11.9. The van der Waals surface area contributed by atoms with Gasteiger partial charge in [-0.05, 0) is 43.5 Å². The SMILES string of the molecule is CCOC(=O)Cc1c(CC(C)C)ncn1-c1ccc(Cl)cc1. The van der Waals surface area contributed by atoms with E-state index in [0.717, 1.165) is 23.5 Å². The zero-order chi connectivity index (χ0) is 16.1. The number of carbonyl (C=O) groups excluding carboxylic acids is 1. The molecule has 0 aliphatic heterocycles. The molecule has 1 aromatic heterocycles. The highest BCUT2D eigenvalue weighted by Gasteiger charge is 2.17. The first kappa shape index (κ1) is 16.6. The third-order valence-corrected chi connectivity index (χ3v) is 3.53. The second kappa shape index (κ2) is 7.45. The van der Waals surface area contributed by atoms with E-state index in [1.807, 2.05) is 35.8 Å². The van der Waals surface area contributed by atoms with E-state index in [1.54, 1.807) is 6.33 Å². The first-order chi connectivity index (χ1) is 10.5. The highest BCUT2D eigenvalue weighted by molar-refractivity contribution is 6.30. The molecule has 0 N–H and O–H groups in total. The molecule has 0 atom stereocenters. The molecule has 1 aromatic carbocycles. The van der Waals surface area contributed by atoms with Crippen LogP contribution in [-0.2, 0) is 22.4 Å². The summed E-state index contributed by atoms with van der Waals surface area (Å²) in [6.45, 7) is 6.46. The summed E-state index contributed by atoms with van der Waals surface area (Å²) in [5.74, 6) is 0.234. The normalized spacial score (nSPS) is 11.0. The summed E-state index contributed by atoms with van der Waals surface area (Å²) in [5.41, 5.74) is 2.76. The van der Waals surface area contributed by atoms with Gasteiger partial charge < -0.3 is 9.30 Å². The van der Waals surface area contributed by atoms with Crippen molar-refractivity contribution in [2.24, 2.45) is 5.92 Å². The van der Waals surface area contributed by atoms with Gasteiger partial charge in [-0.2, -0.15) is 0 Å². The third-order valence-electron chi connectivity index (χ3n) is 3.28. The molecule has 0 fully saturated rings. The quantitative estimate of drug-likeness (QED) is 0.760. The Morgan fingerprint density at radius 3 is 2.59 bits per heavy atom. The molecule has 5 heteroatoms. The number of esters is 1. The molecule has 0 spiro atoms. The van der Waals surface area contributed by atoms with Crippen molar-refractivity contribution in [1.82, 2.24) is 9.55 Å². The van der Waals surface area contributed by atoms with Crippen molar-refractivity contribution >= 4 is 17.6 Å². The van der Waals surface area contributed by atoms with Crippen molar-refractivity contribution in [3.05, 3.63) is 47.0 Å². The van der Waals surface area contributed by atoms with E-state index in [4.69, 9.17) is 16.3 Å². The molecule has 0 radical (unpaired) electrons. The number of hydrogen-bond donors (Lipinski definition) is 0. The van der Waals surface area contributed by atoms with Crippen LogP contribution >= 0.6 is 11.6 Å². The van der Waals surface area contributed by atoms with Crippen LogP contribution in [0.3, 0.4) is 0 Å². The topological polar surface area (TPSA) is 44.1 Å². The summed E-state index contributed by atoms with van der Waals surface area (Å²) in [7, 11) is 0. The molecule has 0 aliphatic rings. The lowest BCUT2D eigenvalue weighted by molar-refractivity contribution is -0.142. The Balaban J connectivity index is 2.38. The molecule has 2 rings (SSSR count). The summed E-state index contributed by atoms with van der Waals surface area (Å²) in [6, 6.07) is 7.48. The lowest BCUT2D eigenvalue weighted by Gasteiger charge is -2.11. The molecule has 0 amide bonds. The Morgan fingerprint density at radius 2 is 2.00 bits per heavy atom. The molecule has 0 unspecified atom stereocenters. The van der Waals surface area contributed by atoms with Crippen LogP contribution in [0.25, 0.3) is 5.69 Å². The molecule has 118 valence electrons. The van der Waals surface area contributed by atoms with Crippen LogP contribution in [-0.4, -0.2) is 22.1 Å². The minimum Gasteiger partial charge on any atom is -0.466 e. The van der Waals surface area contributed by atoms with Crippen molar-refractivity contribution in [2.45, 2.75) is 33.6 Å². The molecule has 0 saturated heterocycles. The molecule has 0 aliphatic carbocycles. The highest BCUT2D eigenvalue weighted by Crippen LogP contribution is 2.20. The van der Waals surface area contributed by atoms with Crippen LogP contribution in [0.5, 0.6) is 0 Å². The van der Waals surface area contributed by atoms with Gasteiger partial charge in [-0.3, -0.25) is 4.79 Å². The average molecular weight is 321 g/mol. The molecular formula is C17H21ClN2O2. The van der Waals surface area contributed by atoms with Crippen molar-refractivity contribution in [3.8, 4) is 5.69 Å². The molecule has 0 bridgehead atoms. The van der Waals surface area contributed by atoms with Crippen LogP contribution in [0.1, 0.15) is 32.2 Å². The molecule has 4 nitrogen and oxygen atoms in total. The Hall–Kier alpha value is -1.81. The Morgan fingerprint density at radius 1 is 1.32 bits per heavy atom. The molecule has 2 aromatic rings. The second-order valence-corrected chi connectivity index (χ2v) is 6.00. The van der Waals surface area contributed by atoms with Gasteiger partial charge in [0.2, 0.25) is 0 Å². The molecule has 22 heavy (non-hydrogen) atoms. The Bertz CT molecular complexity index is 633. The average Bonchev–Trinajstić information content (AvgIpc) is 2.82. The zero-order valence-corrected chi connectivity index (χ0v) is 13.9. The van der Waals surface area contributed by atoms with E-state index in [1.165, 1.54) is 0 Å². The minimum absolute atomic E-state index is 0.221. The van der Waals surface area contributed by atoms with E-state index >= 15 is 0 Å². The number of halogens is 1. The third kappa shape index (κ3) is 4.10. The van der Waals surface area contributed by atoms with Crippen molar-refractivity contribution in [3.63, 3.8) is 0 Å². The number of nitrogens with zero attached hydrogens (tertiary/aromatic N) is 2. The summed E-state index contributed by atoms with van der Waals surface area (Å²) in [4.78, 5) is 16.4. The second-order valence-electron chi connectivity index (χ2n) is 5.56. The number of rotatable bonds is 6. The van der Waals surface area contributed by atoms with Gasteiger partial charge >= 0.3 is 5.97 Å². The molecular weight excluding hydrogens is 300 g/mol. The Kier molecular flexibility index (Phi) is 5.61. The number of carbonyl (C=O) groups is 1. The van der Waals surface area contributed by atoms with Crippen LogP contribution in [0.2, 0.25) is 5.02 Å². The highest BCUT2D eigenvalue weighted by atomic mass is 35.5. The predicted molar refractivity (Wildman–Crippen MR) is 87.5 cm³/mol. The minimum atomic E-state index is -0.233.